The van der Waals surface area contributed by atoms with Gasteiger partial charge in [0.2, 0.25) is 0 Å². The first-order valence-corrected chi connectivity index (χ1v) is 6.37. The monoisotopic (exact) mass is 234 g/mol. The van der Waals surface area contributed by atoms with E-state index in [0.717, 1.165) is 0 Å². The summed E-state index contributed by atoms with van der Waals surface area (Å²) in [6, 6.07) is 4.38. The van der Waals surface area contributed by atoms with Crippen LogP contribution in [0.1, 0.15) is 55.9 Å². The van der Waals surface area contributed by atoms with Crippen molar-refractivity contribution in [1.29, 1.82) is 0 Å². The fourth-order valence-corrected chi connectivity index (χ4v) is 1.92. The van der Waals surface area contributed by atoms with Gasteiger partial charge in [-0.3, -0.25) is 4.99 Å². The van der Waals surface area contributed by atoms with Gasteiger partial charge in [-0.2, -0.15) is 0 Å². The maximum atomic E-state index is 5.28. The van der Waals surface area contributed by atoms with Crippen LogP contribution in [-0.2, 0) is 6.54 Å². The molecule has 1 aromatic rings. The van der Waals surface area contributed by atoms with Crippen LogP contribution in [-0.4, -0.2) is 6.34 Å². The highest BCUT2D eigenvalue weighted by atomic mass is 14.8. The van der Waals surface area contributed by atoms with Gasteiger partial charge in [-0.05, 0) is 42.0 Å². The SMILES string of the molecule is CC.Cc1ccc(C(C)C)c(C)c1CN=CN. The molecule has 0 heterocycles. The Bertz CT molecular complexity index is 365. The second kappa shape index (κ2) is 7.88. The predicted molar refractivity (Wildman–Crippen MR) is 77.7 cm³/mol. The molecule has 0 unspecified atom stereocenters. The van der Waals surface area contributed by atoms with Crippen molar-refractivity contribution < 1.29 is 0 Å². The van der Waals surface area contributed by atoms with Crippen molar-refractivity contribution in [2.75, 3.05) is 0 Å². The van der Waals surface area contributed by atoms with Crippen LogP contribution < -0.4 is 5.73 Å². The highest BCUT2D eigenvalue weighted by Gasteiger charge is 2.09. The Morgan fingerprint density at radius 3 is 2.29 bits per heavy atom. The first-order chi connectivity index (χ1) is 8.07. The second-order valence-corrected chi connectivity index (χ2v) is 4.22. The molecule has 0 spiro atoms. The molecule has 0 bridgehead atoms. The zero-order valence-corrected chi connectivity index (χ0v) is 12.0. The molecule has 0 saturated heterocycles. The van der Waals surface area contributed by atoms with Crippen molar-refractivity contribution in [3.63, 3.8) is 0 Å². The summed E-state index contributed by atoms with van der Waals surface area (Å²) in [6.07, 6.45) is 1.38. The summed E-state index contributed by atoms with van der Waals surface area (Å²) in [5, 5.41) is 0. The van der Waals surface area contributed by atoms with Crippen molar-refractivity contribution in [2.24, 2.45) is 10.7 Å². The van der Waals surface area contributed by atoms with E-state index in [1.165, 1.54) is 28.6 Å². The maximum absolute atomic E-state index is 5.28. The van der Waals surface area contributed by atoms with Crippen LogP contribution in [0.25, 0.3) is 0 Å². The molecule has 0 amide bonds. The van der Waals surface area contributed by atoms with Crippen LogP contribution in [0.5, 0.6) is 0 Å². The Kier molecular flexibility index (Phi) is 7.27. The smallest absolute Gasteiger partial charge is 0.0801 e. The van der Waals surface area contributed by atoms with E-state index in [2.05, 4.69) is 44.8 Å². The number of nitrogens with two attached hydrogens (primary N) is 1. The second-order valence-electron chi connectivity index (χ2n) is 4.22. The maximum Gasteiger partial charge on any atom is 0.0801 e. The van der Waals surface area contributed by atoms with Gasteiger partial charge in [0.05, 0.1) is 12.9 Å². The molecule has 1 aromatic carbocycles. The Balaban J connectivity index is 0.00000121. The van der Waals surface area contributed by atoms with Gasteiger partial charge >= 0.3 is 0 Å². The molecule has 2 nitrogen and oxygen atoms in total. The van der Waals surface area contributed by atoms with E-state index in [4.69, 9.17) is 5.73 Å². The predicted octanol–water partition coefficient (Wildman–Crippen LogP) is 3.94. The third-order valence-electron chi connectivity index (χ3n) is 2.85. The minimum absolute atomic E-state index is 0.561. The quantitative estimate of drug-likeness (QED) is 0.624. The van der Waals surface area contributed by atoms with Crippen molar-refractivity contribution in [1.82, 2.24) is 0 Å². The molecule has 96 valence electrons. The highest BCUT2D eigenvalue weighted by Crippen LogP contribution is 2.24. The molecule has 0 aliphatic carbocycles. The van der Waals surface area contributed by atoms with Crippen molar-refractivity contribution in [3.05, 3.63) is 34.4 Å². The third kappa shape index (κ3) is 4.22. The lowest BCUT2D eigenvalue weighted by Crippen LogP contribution is -2.00. The van der Waals surface area contributed by atoms with E-state index in [1.807, 2.05) is 13.8 Å². The molecule has 0 radical (unpaired) electrons. The molecule has 2 heteroatoms. The van der Waals surface area contributed by atoms with E-state index >= 15 is 0 Å². The highest BCUT2D eigenvalue weighted by molar-refractivity contribution is 5.52. The van der Waals surface area contributed by atoms with E-state index in [1.54, 1.807) is 0 Å². The summed E-state index contributed by atoms with van der Waals surface area (Å²) in [7, 11) is 0. The van der Waals surface area contributed by atoms with Crippen molar-refractivity contribution in [3.8, 4) is 0 Å². The third-order valence-corrected chi connectivity index (χ3v) is 2.85. The number of benzene rings is 1. The minimum atomic E-state index is 0.561. The van der Waals surface area contributed by atoms with Gasteiger partial charge in [0.15, 0.2) is 0 Å². The van der Waals surface area contributed by atoms with E-state index < -0.39 is 0 Å². The molecule has 0 aromatic heterocycles. The zero-order chi connectivity index (χ0) is 13.4. The van der Waals surface area contributed by atoms with E-state index in [-0.39, 0.29) is 0 Å². The lowest BCUT2D eigenvalue weighted by molar-refractivity contribution is 0.846. The average Bonchev–Trinajstić information content (AvgIpc) is 2.31. The lowest BCUT2D eigenvalue weighted by atomic mass is 9.91. The Hall–Kier alpha value is -1.31. The standard InChI is InChI=1S/C13H20N2.C2H6/c1-9(2)12-6-5-10(3)13(11(12)4)7-15-8-14;1-2/h5-6,8-9H,7H2,1-4H3,(H2,14,15);1-2H3. The van der Waals surface area contributed by atoms with Crippen LogP contribution in [0.3, 0.4) is 0 Å². The van der Waals surface area contributed by atoms with Gasteiger partial charge in [-0.25, -0.2) is 0 Å². The molecular formula is C15H26N2. The summed E-state index contributed by atoms with van der Waals surface area (Å²) in [5.41, 5.74) is 10.6. The number of nitrogens with zero attached hydrogens (tertiary/aromatic N) is 1. The van der Waals surface area contributed by atoms with Gasteiger partial charge in [0, 0.05) is 0 Å². The van der Waals surface area contributed by atoms with Crippen molar-refractivity contribution >= 4 is 6.34 Å². The van der Waals surface area contributed by atoms with E-state index in [0.29, 0.717) is 12.5 Å². The minimum Gasteiger partial charge on any atom is -0.390 e. The molecule has 2 N–H and O–H groups in total. The molecule has 17 heavy (non-hydrogen) atoms. The zero-order valence-electron chi connectivity index (χ0n) is 12.0. The molecule has 0 saturated carbocycles. The van der Waals surface area contributed by atoms with Gasteiger partial charge in [-0.15, -0.1) is 0 Å². The average molecular weight is 234 g/mol. The van der Waals surface area contributed by atoms with Gasteiger partial charge in [0.25, 0.3) is 0 Å². The normalized spacial score (nSPS) is 10.5. The molecule has 0 aliphatic heterocycles. The number of rotatable bonds is 3. The van der Waals surface area contributed by atoms with Gasteiger partial charge < -0.3 is 5.73 Å². The largest absolute Gasteiger partial charge is 0.390 e. The van der Waals surface area contributed by atoms with Gasteiger partial charge in [0.1, 0.15) is 0 Å². The molecular weight excluding hydrogens is 208 g/mol. The van der Waals surface area contributed by atoms with Crippen LogP contribution in [0.15, 0.2) is 17.1 Å². The molecule has 1 rings (SSSR count). The topological polar surface area (TPSA) is 38.4 Å². The summed E-state index contributed by atoms with van der Waals surface area (Å²) >= 11 is 0. The van der Waals surface area contributed by atoms with Crippen LogP contribution in [0, 0.1) is 13.8 Å². The molecule has 0 fully saturated rings. The molecule has 0 aliphatic rings. The Morgan fingerprint density at radius 1 is 1.24 bits per heavy atom. The number of aryl methyl sites for hydroxylation is 1. The Labute approximate surface area is 106 Å². The van der Waals surface area contributed by atoms with E-state index in [9.17, 15) is 0 Å². The summed E-state index contributed by atoms with van der Waals surface area (Å²) in [6.45, 7) is 13.4. The molecule has 0 atom stereocenters. The number of hydrogen-bond donors (Lipinski definition) is 1. The summed E-state index contributed by atoms with van der Waals surface area (Å²) in [5.74, 6) is 0.561. The first-order valence-electron chi connectivity index (χ1n) is 6.37. The number of aliphatic imine (C=N–C) groups is 1. The fraction of sp³-hybridized carbons (Fsp3) is 0.533. The van der Waals surface area contributed by atoms with Crippen LogP contribution >= 0.6 is 0 Å². The summed E-state index contributed by atoms with van der Waals surface area (Å²) < 4.78 is 0. The first kappa shape index (κ1) is 15.7. The Morgan fingerprint density at radius 2 is 1.82 bits per heavy atom. The lowest BCUT2D eigenvalue weighted by Gasteiger charge is -2.15. The van der Waals surface area contributed by atoms with Crippen LogP contribution in [0.2, 0.25) is 0 Å². The van der Waals surface area contributed by atoms with Crippen LogP contribution in [0.4, 0.5) is 0 Å². The van der Waals surface area contributed by atoms with Crippen molar-refractivity contribution in [2.45, 2.75) is 54.0 Å². The summed E-state index contributed by atoms with van der Waals surface area (Å²) in [4.78, 5) is 4.12. The number of hydrogen-bond acceptors (Lipinski definition) is 1. The van der Waals surface area contributed by atoms with Gasteiger partial charge in [-0.1, -0.05) is 39.8 Å². The fourth-order valence-electron chi connectivity index (χ4n) is 1.92.